The van der Waals surface area contributed by atoms with Crippen LogP contribution in [0.2, 0.25) is 0 Å². The number of carbonyl (C=O) groups is 1. The molecule has 7 heteroatoms. The van der Waals surface area contributed by atoms with Gasteiger partial charge in [-0.15, -0.1) is 0 Å². The predicted molar refractivity (Wildman–Crippen MR) is 108 cm³/mol. The van der Waals surface area contributed by atoms with E-state index in [9.17, 15) is 4.79 Å². The van der Waals surface area contributed by atoms with E-state index in [-0.39, 0.29) is 12.1 Å². The first-order valence-corrected chi connectivity index (χ1v) is 10.9. The van der Waals surface area contributed by atoms with Gasteiger partial charge in [-0.05, 0) is 50.5 Å². The summed E-state index contributed by atoms with van der Waals surface area (Å²) in [5.41, 5.74) is 2.12. The SMILES string of the molecule is C[C@@H](NC(=O)N1CCc2cnc(NC3CCOCC3)nc2C1)C1CCCCC1. The maximum absolute atomic E-state index is 12.8. The van der Waals surface area contributed by atoms with Crippen LogP contribution in [0.4, 0.5) is 10.7 Å². The average molecular weight is 388 g/mol. The van der Waals surface area contributed by atoms with Gasteiger partial charge in [-0.3, -0.25) is 0 Å². The Kier molecular flexibility index (Phi) is 6.29. The maximum atomic E-state index is 12.8. The molecule has 1 aromatic heterocycles. The van der Waals surface area contributed by atoms with Gasteiger partial charge in [0.1, 0.15) is 0 Å². The molecule has 2 aliphatic heterocycles. The van der Waals surface area contributed by atoms with Crippen LogP contribution in [0.3, 0.4) is 0 Å². The van der Waals surface area contributed by atoms with E-state index in [4.69, 9.17) is 9.72 Å². The van der Waals surface area contributed by atoms with Gasteiger partial charge in [0, 0.05) is 38.0 Å². The van der Waals surface area contributed by atoms with E-state index in [1.807, 2.05) is 11.1 Å². The van der Waals surface area contributed by atoms with E-state index < -0.39 is 0 Å². The van der Waals surface area contributed by atoms with E-state index in [2.05, 4.69) is 22.5 Å². The molecule has 2 fully saturated rings. The second kappa shape index (κ2) is 9.07. The largest absolute Gasteiger partial charge is 0.381 e. The summed E-state index contributed by atoms with van der Waals surface area (Å²) in [5.74, 6) is 1.29. The standard InChI is InChI=1S/C21H33N5O2/c1-15(16-5-3-2-4-6-16)23-21(27)26-10-7-17-13-22-20(25-19(17)14-26)24-18-8-11-28-12-9-18/h13,15-16,18H,2-12,14H2,1H3,(H,23,27)(H,22,24,25)/t15-/m1/s1. The molecule has 2 amide bonds. The Morgan fingerprint density at radius 1 is 1.21 bits per heavy atom. The van der Waals surface area contributed by atoms with Crippen LogP contribution in [-0.4, -0.2) is 52.7 Å². The van der Waals surface area contributed by atoms with Gasteiger partial charge in [-0.25, -0.2) is 14.8 Å². The lowest BCUT2D eigenvalue weighted by Crippen LogP contribution is -2.48. The number of nitrogens with one attached hydrogen (secondary N) is 2. The number of rotatable bonds is 4. The van der Waals surface area contributed by atoms with Crippen molar-refractivity contribution >= 4 is 12.0 Å². The van der Waals surface area contributed by atoms with Crippen molar-refractivity contribution in [3.63, 3.8) is 0 Å². The third-order valence-electron chi connectivity index (χ3n) is 6.50. The van der Waals surface area contributed by atoms with Crippen molar-refractivity contribution in [2.45, 2.75) is 76.9 Å². The molecule has 0 aromatic carbocycles. The molecular weight excluding hydrogens is 354 g/mol. The molecule has 3 aliphatic rings. The van der Waals surface area contributed by atoms with Crippen molar-refractivity contribution in [1.82, 2.24) is 20.2 Å². The van der Waals surface area contributed by atoms with Crippen molar-refractivity contribution in [2.75, 3.05) is 25.1 Å². The van der Waals surface area contributed by atoms with Gasteiger partial charge in [0.15, 0.2) is 0 Å². The molecule has 4 rings (SSSR count). The lowest BCUT2D eigenvalue weighted by Gasteiger charge is -2.33. The highest BCUT2D eigenvalue weighted by molar-refractivity contribution is 5.74. The van der Waals surface area contributed by atoms with Gasteiger partial charge in [0.25, 0.3) is 0 Å². The summed E-state index contributed by atoms with van der Waals surface area (Å²) in [4.78, 5) is 23.9. The van der Waals surface area contributed by atoms with E-state index in [1.165, 1.54) is 32.1 Å². The van der Waals surface area contributed by atoms with E-state index in [0.29, 0.717) is 24.5 Å². The Morgan fingerprint density at radius 3 is 2.79 bits per heavy atom. The van der Waals surface area contributed by atoms with Crippen LogP contribution in [0.15, 0.2) is 6.20 Å². The molecule has 1 atom stereocenters. The molecule has 2 N–H and O–H groups in total. The normalized spacial score (nSPS) is 22.4. The van der Waals surface area contributed by atoms with Crippen LogP contribution >= 0.6 is 0 Å². The number of hydrogen-bond donors (Lipinski definition) is 2. The fourth-order valence-electron chi connectivity index (χ4n) is 4.61. The van der Waals surface area contributed by atoms with Gasteiger partial charge in [-0.1, -0.05) is 19.3 Å². The van der Waals surface area contributed by atoms with E-state index >= 15 is 0 Å². The highest BCUT2D eigenvalue weighted by Crippen LogP contribution is 2.26. The van der Waals surface area contributed by atoms with Crippen molar-refractivity contribution in [3.05, 3.63) is 17.5 Å². The quantitative estimate of drug-likeness (QED) is 0.830. The summed E-state index contributed by atoms with van der Waals surface area (Å²) in [6.07, 6.45) is 11.1. The maximum Gasteiger partial charge on any atom is 0.317 e. The Hall–Kier alpha value is -1.89. The fourth-order valence-corrected chi connectivity index (χ4v) is 4.61. The number of aromatic nitrogens is 2. The fraction of sp³-hybridized carbons (Fsp3) is 0.762. The summed E-state index contributed by atoms with van der Waals surface area (Å²) in [5, 5.41) is 6.67. The van der Waals surface area contributed by atoms with Crippen molar-refractivity contribution in [3.8, 4) is 0 Å². The van der Waals surface area contributed by atoms with Crippen LogP contribution in [-0.2, 0) is 17.7 Å². The van der Waals surface area contributed by atoms with Crippen LogP contribution in [0.25, 0.3) is 0 Å². The molecule has 0 bridgehead atoms. The third kappa shape index (κ3) is 4.74. The predicted octanol–water partition coefficient (Wildman–Crippen LogP) is 3.10. The smallest absolute Gasteiger partial charge is 0.317 e. The van der Waals surface area contributed by atoms with Crippen LogP contribution in [0, 0.1) is 5.92 Å². The second-order valence-corrected chi connectivity index (χ2v) is 8.50. The number of urea groups is 1. The molecule has 0 spiro atoms. The lowest BCUT2D eigenvalue weighted by molar-refractivity contribution is 0.0903. The number of nitrogens with zero attached hydrogens (tertiary/aromatic N) is 3. The first-order chi connectivity index (χ1) is 13.7. The third-order valence-corrected chi connectivity index (χ3v) is 6.50. The Morgan fingerprint density at radius 2 is 2.00 bits per heavy atom. The summed E-state index contributed by atoms with van der Waals surface area (Å²) >= 11 is 0. The van der Waals surface area contributed by atoms with Crippen molar-refractivity contribution < 1.29 is 9.53 Å². The summed E-state index contributed by atoms with van der Waals surface area (Å²) < 4.78 is 5.41. The number of anilines is 1. The minimum Gasteiger partial charge on any atom is -0.381 e. The molecule has 7 nitrogen and oxygen atoms in total. The van der Waals surface area contributed by atoms with Crippen molar-refractivity contribution in [2.24, 2.45) is 5.92 Å². The van der Waals surface area contributed by atoms with Crippen LogP contribution < -0.4 is 10.6 Å². The van der Waals surface area contributed by atoms with Gasteiger partial charge in [0.05, 0.1) is 12.2 Å². The number of hydrogen-bond acceptors (Lipinski definition) is 5. The topological polar surface area (TPSA) is 79.4 Å². The molecule has 0 radical (unpaired) electrons. The van der Waals surface area contributed by atoms with Gasteiger partial charge in [-0.2, -0.15) is 0 Å². The van der Waals surface area contributed by atoms with Gasteiger partial charge in [0.2, 0.25) is 5.95 Å². The Labute approximate surface area is 167 Å². The minimum absolute atomic E-state index is 0.0428. The zero-order chi connectivity index (χ0) is 19.3. The molecule has 154 valence electrons. The van der Waals surface area contributed by atoms with Crippen LogP contribution in [0.1, 0.15) is 63.1 Å². The van der Waals surface area contributed by atoms with Gasteiger partial charge < -0.3 is 20.3 Å². The molecule has 1 aliphatic carbocycles. The zero-order valence-electron chi connectivity index (χ0n) is 17.0. The Balaban J connectivity index is 1.34. The molecular formula is C21H33N5O2. The van der Waals surface area contributed by atoms with Crippen molar-refractivity contribution in [1.29, 1.82) is 0 Å². The minimum atomic E-state index is 0.0428. The highest BCUT2D eigenvalue weighted by Gasteiger charge is 2.27. The highest BCUT2D eigenvalue weighted by atomic mass is 16.5. The Bertz CT molecular complexity index is 671. The monoisotopic (exact) mass is 387 g/mol. The number of carbonyl (C=O) groups excluding carboxylic acids is 1. The van der Waals surface area contributed by atoms with E-state index in [0.717, 1.165) is 50.3 Å². The van der Waals surface area contributed by atoms with E-state index in [1.54, 1.807) is 0 Å². The summed E-state index contributed by atoms with van der Waals surface area (Å²) in [7, 11) is 0. The molecule has 1 saturated heterocycles. The number of fused-ring (bicyclic) bond motifs is 1. The molecule has 0 unspecified atom stereocenters. The summed E-state index contributed by atoms with van der Waals surface area (Å²) in [6.45, 7) is 5.02. The average Bonchev–Trinajstić information content (AvgIpc) is 2.74. The molecule has 1 aromatic rings. The first kappa shape index (κ1) is 19.4. The number of ether oxygens (including phenoxy) is 1. The molecule has 3 heterocycles. The molecule has 1 saturated carbocycles. The second-order valence-electron chi connectivity index (χ2n) is 8.50. The molecule has 28 heavy (non-hydrogen) atoms. The number of amides is 2. The lowest BCUT2D eigenvalue weighted by atomic mass is 9.84. The zero-order valence-corrected chi connectivity index (χ0v) is 17.0. The van der Waals surface area contributed by atoms with Gasteiger partial charge >= 0.3 is 6.03 Å². The first-order valence-electron chi connectivity index (χ1n) is 10.9. The van der Waals surface area contributed by atoms with Crippen LogP contribution in [0.5, 0.6) is 0 Å². The summed E-state index contributed by atoms with van der Waals surface area (Å²) in [6, 6.07) is 0.651.